The molecule has 0 aliphatic carbocycles. The highest BCUT2D eigenvalue weighted by Crippen LogP contribution is 2.21. The summed E-state index contributed by atoms with van der Waals surface area (Å²) in [5.41, 5.74) is 0.409. The zero-order valence-electron chi connectivity index (χ0n) is 9.10. The highest BCUT2D eigenvalue weighted by molar-refractivity contribution is 5.86. The van der Waals surface area contributed by atoms with E-state index in [2.05, 4.69) is 0 Å². The first-order chi connectivity index (χ1) is 8.08. The first kappa shape index (κ1) is 11.6. The quantitative estimate of drug-likeness (QED) is 0.861. The van der Waals surface area contributed by atoms with Gasteiger partial charge < -0.3 is 10.0 Å². The maximum absolute atomic E-state index is 13.4. The van der Waals surface area contributed by atoms with Gasteiger partial charge in [0.15, 0.2) is 0 Å². The lowest BCUT2D eigenvalue weighted by atomic mass is 10.1. The SMILES string of the molecule is O=C(O)[C@H]1CC(=O)N(Cc2ccccc2F)C1. The Morgan fingerprint density at radius 3 is 2.76 bits per heavy atom. The number of rotatable bonds is 3. The first-order valence-electron chi connectivity index (χ1n) is 5.32. The predicted molar refractivity (Wildman–Crippen MR) is 57.6 cm³/mol. The molecule has 1 heterocycles. The highest BCUT2D eigenvalue weighted by Gasteiger charge is 2.34. The maximum Gasteiger partial charge on any atom is 0.308 e. The van der Waals surface area contributed by atoms with Crippen LogP contribution < -0.4 is 0 Å². The summed E-state index contributed by atoms with van der Waals surface area (Å²) in [4.78, 5) is 23.7. The number of hydrogen-bond donors (Lipinski definition) is 1. The molecule has 0 aromatic heterocycles. The van der Waals surface area contributed by atoms with Crippen LogP contribution in [0.25, 0.3) is 0 Å². The van der Waals surface area contributed by atoms with E-state index >= 15 is 0 Å². The molecular weight excluding hydrogens is 225 g/mol. The lowest BCUT2D eigenvalue weighted by Gasteiger charge is -2.16. The molecule has 17 heavy (non-hydrogen) atoms. The molecule has 1 aliphatic rings. The van der Waals surface area contributed by atoms with Crippen LogP contribution in [0.15, 0.2) is 24.3 Å². The minimum absolute atomic E-state index is 0.00376. The van der Waals surface area contributed by atoms with Crippen LogP contribution in [0.3, 0.4) is 0 Å². The van der Waals surface area contributed by atoms with Crippen molar-refractivity contribution in [1.29, 1.82) is 0 Å². The normalized spacial score (nSPS) is 19.7. The Kier molecular flexibility index (Phi) is 3.08. The van der Waals surface area contributed by atoms with Crippen LogP contribution in [0.4, 0.5) is 4.39 Å². The molecular formula is C12H12FNO3. The van der Waals surface area contributed by atoms with Crippen molar-refractivity contribution in [2.75, 3.05) is 6.54 Å². The molecule has 0 unspecified atom stereocenters. The Labute approximate surface area is 97.7 Å². The summed E-state index contributed by atoms with van der Waals surface area (Å²) in [6.45, 7) is 0.289. The predicted octanol–water partition coefficient (Wildman–Crippen LogP) is 1.26. The smallest absolute Gasteiger partial charge is 0.308 e. The lowest BCUT2D eigenvalue weighted by Crippen LogP contribution is -2.26. The zero-order chi connectivity index (χ0) is 12.4. The number of halogens is 1. The monoisotopic (exact) mass is 237 g/mol. The van der Waals surface area contributed by atoms with Crippen LogP contribution in [0.5, 0.6) is 0 Å². The van der Waals surface area contributed by atoms with Crippen LogP contribution in [0, 0.1) is 11.7 Å². The van der Waals surface area contributed by atoms with Crippen molar-refractivity contribution in [3.8, 4) is 0 Å². The van der Waals surface area contributed by atoms with E-state index in [1.54, 1.807) is 18.2 Å². The molecule has 0 radical (unpaired) electrons. The maximum atomic E-state index is 13.4. The molecule has 2 rings (SSSR count). The second kappa shape index (κ2) is 4.53. The molecule has 0 bridgehead atoms. The Morgan fingerprint density at radius 1 is 1.47 bits per heavy atom. The van der Waals surface area contributed by atoms with Crippen LogP contribution in [0.2, 0.25) is 0 Å². The van der Waals surface area contributed by atoms with Gasteiger partial charge in [-0.15, -0.1) is 0 Å². The van der Waals surface area contributed by atoms with Gasteiger partial charge in [-0.2, -0.15) is 0 Å². The van der Waals surface area contributed by atoms with Crippen LogP contribution in [-0.2, 0) is 16.1 Å². The summed E-state index contributed by atoms with van der Waals surface area (Å²) in [5, 5.41) is 8.82. The lowest BCUT2D eigenvalue weighted by molar-refractivity contribution is -0.141. The number of amides is 1. The van der Waals surface area contributed by atoms with Crippen molar-refractivity contribution in [2.24, 2.45) is 5.92 Å². The molecule has 0 spiro atoms. The van der Waals surface area contributed by atoms with Crippen molar-refractivity contribution < 1.29 is 19.1 Å². The standard InChI is InChI=1S/C12H12FNO3/c13-10-4-2-1-3-8(10)6-14-7-9(12(16)17)5-11(14)15/h1-4,9H,5-7H2,(H,16,17)/t9-/m0/s1. The largest absolute Gasteiger partial charge is 0.481 e. The second-order valence-electron chi connectivity index (χ2n) is 4.10. The van der Waals surface area contributed by atoms with Gasteiger partial charge in [-0.25, -0.2) is 4.39 Å². The molecule has 1 atom stereocenters. The van der Waals surface area contributed by atoms with Crippen LogP contribution in [0.1, 0.15) is 12.0 Å². The topological polar surface area (TPSA) is 57.6 Å². The number of carbonyl (C=O) groups excluding carboxylic acids is 1. The fraction of sp³-hybridized carbons (Fsp3) is 0.333. The van der Waals surface area contributed by atoms with Gasteiger partial charge in [0.2, 0.25) is 5.91 Å². The van der Waals surface area contributed by atoms with Gasteiger partial charge >= 0.3 is 5.97 Å². The minimum Gasteiger partial charge on any atom is -0.481 e. The number of likely N-dealkylation sites (tertiary alicyclic amines) is 1. The van der Waals surface area contributed by atoms with E-state index in [1.807, 2.05) is 0 Å². The van der Waals surface area contributed by atoms with Crippen molar-refractivity contribution in [3.05, 3.63) is 35.6 Å². The number of carbonyl (C=O) groups is 2. The molecule has 1 N–H and O–H groups in total. The number of nitrogens with zero attached hydrogens (tertiary/aromatic N) is 1. The van der Waals surface area contributed by atoms with Crippen molar-refractivity contribution in [2.45, 2.75) is 13.0 Å². The van der Waals surface area contributed by atoms with E-state index in [1.165, 1.54) is 11.0 Å². The van der Waals surface area contributed by atoms with Gasteiger partial charge in [0.05, 0.1) is 5.92 Å². The third-order valence-corrected chi connectivity index (χ3v) is 2.88. The summed E-state index contributed by atoms with van der Waals surface area (Å²) < 4.78 is 13.4. The fourth-order valence-electron chi connectivity index (χ4n) is 1.92. The van der Waals surface area contributed by atoms with Gasteiger partial charge in [0, 0.05) is 25.1 Å². The van der Waals surface area contributed by atoms with Crippen LogP contribution >= 0.6 is 0 Å². The van der Waals surface area contributed by atoms with E-state index in [9.17, 15) is 14.0 Å². The first-order valence-corrected chi connectivity index (χ1v) is 5.32. The third-order valence-electron chi connectivity index (χ3n) is 2.88. The molecule has 1 aliphatic heterocycles. The van der Waals surface area contributed by atoms with E-state index in [0.29, 0.717) is 5.56 Å². The number of benzene rings is 1. The summed E-state index contributed by atoms with van der Waals surface area (Å²) in [7, 11) is 0. The van der Waals surface area contributed by atoms with E-state index < -0.39 is 11.9 Å². The highest BCUT2D eigenvalue weighted by atomic mass is 19.1. The molecule has 1 saturated heterocycles. The molecule has 4 nitrogen and oxygen atoms in total. The van der Waals surface area contributed by atoms with Gasteiger partial charge in [-0.3, -0.25) is 9.59 Å². The van der Waals surface area contributed by atoms with Gasteiger partial charge in [-0.1, -0.05) is 18.2 Å². The van der Waals surface area contributed by atoms with Gasteiger partial charge in [-0.05, 0) is 6.07 Å². The Balaban J connectivity index is 2.08. The number of hydrogen-bond acceptors (Lipinski definition) is 2. The molecule has 0 saturated carbocycles. The summed E-state index contributed by atoms with van der Waals surface area (Å²) >= 11 is 0. The Hall–Kier alpha value is -1.91. The molecule has 1 aromatic carbocycles. The molecule has 90 valence electrons. The molecule has 5 heteroatoms. The Morgan fingerprint density at radius 2 is 2.18 bits per heavy atom. The van der Waals surface area contributed by atoms with E-state index in [-0.39, 0.29) is 31.2 Å². The summed E-state index contributed by atoms with van der Waals surface area (Å²) in [6.07, 6.45) is 0.00376. The summed E-state index contributed by atoms with van der Waals surface area (Å²) in [5.74, 6) is -2.26. The minimum atomic E-state index is -0.977. The number of carboxylic acid groups (broad SMARTS) is 1. The molecule has 1 aromatic rings. The van der Waals surface area contributed by atoms with Gasteiger partial charge in [0.25, 0.3) is 0 Å². The Bertz CT molecular complexity index is 461. The third kappa shape index (κ3) is 2.43. The van der Waals surface area contributed by atoms with E-state index in [0.717, 1.165) is 0 Å². The average molecular weight is 237 g/mol. The number of carboxylic acids is 1. The molecule has 1 amide bonds. The summed E-state index contributed by atoms with van der Waals surface area (Å²) in [6, 6.07) is 6.18. The average Bonchev–Trinajstić information content (AvgIpc) is 2.64. The van der Waals surface area contributed by atoms with Crippen molar-refractivity contribution in [1.82, 2.24) is 4.90 Å². The fourth-order valence-corrected chi connectivity index (χ4v) is 1.92. The number of aliphatic carboxylic acids is 1. The van der Waals surface area contributed by atoms with Crippen molar-refractivity contribution in [3.63, 3.8) is 0 Å². The van der Waals surface area contributed by atoms with Gasteiger partial charge in [0.1, 0.15) is 5.82 Å². The van der Waals surface area contributed by atoms with Crippen molar-refractivity contribution >= 4 is 11.9 Å². The molecule has 1 fully saturated rings. The van der Waals surface area contributed by atoms with E-state index in [4.69, 9.17) is 5.11 Å². The second-order valence-corrected chi connectivity index (χ2v) is 4.10. The van der Waals surface area contributed by atoms with Crippen LogP contribution in [-0.4, -0.2) is 28.4 Å². The zero-order valence-corrected chi connectivity index (χ0v) is 9.10.